The first kappa shape index (κ1) is 17.0. The maximum atomic E-state index is 11.6. The Morgan fingerprint density at radius 2 is 1.91 bits per heavy atom. The summed E-state index contributed by atoms with van der Waals surface area (Å²) in [4.78, 5) is 24.2. The molecule has 0 aliphatic heterocycles. The number of hydrogen-bond donors (Lipinski definition) is 4. The average molecular weight is 332 g/mol. The van der Waals surface area contributed by atoms with Crippen molar-refractivity contribution in [2.24, 2.45) is 5.73 Å². The summed E-state index contributed by atoms with van der Waals surface area (Å²) in [7, 11) is 0. The lowest BCUT2D eigenvalue weighted by Crippen LogP contribution is -2.51. The highest BCUT2D eigenvalue weighted by molar-refractivity contribution is 7.13. The maximum Gasteiger partial charge on any atom is 0.333 e. The molecule has 0 saturated heterocycles. The molecule has 0 bridgehead atoms. The Morgan fingerprint density at radius 3 is 2.52 bits per heavy atom. The minimum Gasteiger partial charge on any atom is -0.333 e. The Hall–Kier alpha value is -2.38. The van der Waals surface area contributed by atoms with Gasteiger partial charge in [0.05, 0.1) is 6.04 Å². The second-order valence-corrected chi connectivity index (χ2v) is 5.93. The molecule has 1 aromatic heterocycles. The number of carbonyl (C=O) groups is 2. The van der Waals surface area contributed by atoms with E-state index in [-0.39, 0.29) is 0 Å². The van der Waals surface area contributed by atoms with Crippen LogP contribution in [0.25, 0.3) is 10.4 Å². The third-order valence-electron chi connectivity index (χ3n) is 3.29. The van der Waals surface area contributed by atoms with Crippen LogP contribution in [-0.4, -0.2) is 18.0 Å². The molecule has 23 heavy (non-hydrogen) atoms. The lowest BCUT2D eigenvalue weighted by atomic mass is 10.1. The lowest BCUT2D eigenvalue weighted by molar-refractivity contribution is -0.123. The van der Waals surface area contributed by atoms with Crippen LogP contribution in [0.5, 0.6) is 0 Å². The van der Waals surface area contributed by atoms with Crippen molar-refractivity contribution in [3.8, 4) is 10.4 Å². The quantitative estimate of drug-likeness (QED) is 0.630. The first-order valence-corrected chi connectivity index (χ1v) is 8.20. The highest BCUT2D eigenvalue weighted by Gasteiger charge is 2.11. The predicted molar refractivity (Wildman–Crippen MR) is 91.5 cm³/mol. The van der Waals surface area contributed by atoms with E-state index in [1.165, 1.54) is 4.88 Å². The molecule has 0 saturated carbocycles. The Kier molecular flexibility index (Phi) is 6.13. The highest BCUT2D eigenvalue weighted by atomic mass is 32.1. The van der Waals surface area contributed by atoms with Crippen molar-refractivity contribution >= 4 is 23.3 Å². The summed E-state index contributed by atoms with van der Waals surface area (Å²) < 4.78 is 0. The molecular weight excluding hydrogens is 312 g/mol. The summed E-state index contributed by atoms with van der Waals surface area (Å²) in [6.45, 7) is 2.16. The summed E-state index contributed by atoms with van der Waals surface area (Å²) in [5.41, 5.74) is 12.2. The third kappa shape index (κ3) is 5.08. The summed E-state index contributed by atoms with van der Waals surface area (Å²) in [6, 6.07) is 10.9. The average Bonchev–Trinajstić information content (AvgIpc) is 3.12. The van der Waals surface area contributed by atoms with Gasteiger partial charge in [0, 0.05) is 11.4 Å². The molecule has 7 heteroatoms. The van der Waals surface area contributed by atoms with Crippen LogP contribution in [0.4, 0.5) is 4.79 Å². The molecule has 1 aromatic carbocycles. The fourth-order valence-corrected chi connectivity index (χ4v) is 2.59. The van der Waals surface area contributed by atoms with Gasteiger partial charge in [0.15, 0.2) is 0 Å². The van der Waals surface area contributed by atoms with Gasteiger partial charge in [-0.05, 0) is 29.0 Å². The van der Waals surface area contributed by atoms with Gasteiger partial charge in [0.2, 0.25) is 0 Å². The van der Waals surface area contributed by atoms with E-state index in [0.29, 0.717) is 13.0 Å². The van der Waals surface area contributed by atoms with Gasteiger partial charge in [-0.25, -0.2) is 10.2 Å². The van der Waals surface area contributed by atoms with E-state index >= 15 is 0 Å². The number of nitrogens with one attached hydrogen (secondary N) is 3. The Labute approximate surface area is 139 Å². The van der Waals surface area contributed by atoms with E-state index < -0.39 is 18.0 Å². The second kappa shape index (κ2) is 8.30. The maximum absolute atomic E-state index is 11.6. The molecule has 0 aliphatic rings. The molecular formula is C16H20N4O2S. The van der Waals surface area contributed by atoms with Gasteiger partial charge in [0.1, 0.15) is 0 Å². The van der Waals surface area contributed by atoms with Crippen molar-refractivity contribution in [2.45, 2.75) is 25.9 Å². The van der Waals surface area contributed by atoms with Crippen molar-refractivity contribution in [1.29, 1.82) is 0 Å². The number of urea groups is 1. The van der Waals surface area contributed by atoms with E-state index in [1.807, 2.05) is 35.7 Å². The van der Waals surface area contributed by atoms with Gasteiger partial charge in [-0.1, -0.05) is 37.3 Å². The summed E-state index contributed by atoms with van der Waals surface area (Å²) in [5, 5.41) is 4.70. The van der Waals surface area contributed by atoms with Crippen molar-refractivity contribution in [2.75, 3.05) is 0 Å². The standard InChI is InChI=1S/C16H20N4O2S/c1-2-13(17)15(21)19-20-16(22)18-10-11-5-7-12(8-6-11)14-4-3-9-23-14/h3-9,13H,2,10,17H2,1H3,(H,19,21)(H2,18,20,22)/t13-/m1/s1. The molecule has 0 fully saturated rings. The van der Waals surface area contributed by atoms with Crippen LogP contribution in [0, 0.1) is 0 Å². The monoisotopic (exact) mass is 332 g/mol. The van der Waals surface area contributed by atoms with Gasteiger partial charge >= 0.3 is 6.03 Å². The SMILES string of the molecule is CC[C@@H](N)C(=O)NNC(=O)NCc1ccc(-c2cccs2)cc1. The molecule has 2 aromatic rings. The van der Waals surface area contributed by atoms with Crippen molar-refractivity contribution in [1.82, 2.24) is 16.2 Å². The topological polar surface area (TPSA) is 96.2 Å². The number of carbonyl (C=O) groups excluding carboxylic acids is 2. The Bertz CT molecular complexity index is 641. The highest BCUT2D eigenvalue weighted by Crippen LogP contribution is 2.24. The number of hydrazine groups is 1. The first-order valence-electron chi connectivity index (χ1n) is 7.32. The lowest BCUT2D eigenvalue weighted by Gasteiger charge is -2.12. The molecule has 0 radical (unpaired) electrons. The molecule has 122 valence electrons. The molecule has 1 atom stereocenters. The minimum atomic E-state index is -0.625. The molecule has 1 heterocycles. The number of benzene rings is 1. The summed E-state index contributed by atoms with van der Waals surface area (Å²) in [5.74, 6) is -0.414. The van der Waals surface area contributed by atoms with E-state index in [0.717, 1.165) is 11.1 Å². The van der Waals surface area contributed by atoms with Crippen LogP contribution >= 0.6 is 11.3 Å². The summed E-state index contributed by atoms with van der Waals surface area (Å²) >= 11 is 1.68. The number of hydrogen-bond acceptors (Lipinski definition) is 4. The Morgan fingerprint density at radius 1 is 1.17 bits per heavy atom. The van der Waals surface area contributed by atoms with Crippen LogP contribution in [0.1, 0.15) is 18.9 Å². The molecule has 5 N–H and O–H groups in total. The molecule has 2 rings (SSSR count). The molecule has 3 amide bonds. The van der Waals surface area contributed by atoms with Gasteiger partial charge in [0.25, 0.3) is 5.91 Å². The van der Waals surface area contributed by atoms with Crippen LogP contribution < -0.4 is 21.9 Å². The zero-order chi connectivity index (χ0) is 16.7. The largest absolute Gasteiger partial charge is 0.333 e. The number of thiophene rings is 1. The van der Waals surface area contributed by atoms with E-state index in [2.05, 4.69) is 22.2 Å². The third-order valence-corrected chi connectivity index (χ3v) is 4.21. The smallest absolute Gasteiger partial charge is 0.333 e. The van der Waals surface area contributed by atoms with Gasteiger partial charge in [-0.15, -0.1) is 11.3 Å². The normalized spacial score (nSPS) is 11.6. The first-order chi connectivity index (χ1) is 11.1. The van der Waals surface area contributed by atoms with Gasteiger partial charge in [-0.2, -0.15) is 0 Å². The van der Waals surface area contributed by atoms with Crippen LogP contribution in [0.2, 0.25) is 0 Å². The van der Waals surface area contributed by atoms with Gasteiger partial charge in [-0.3, -0.25) is 10.2 Å². The second-order valence-electron chi connectivity index (χ2n) is 4.99. The fraction of sp³-hybridized carbons (Fsp3) is 0.250. The van der Waals surface area contributed by atoms with Crippen LogP contribution in [-0.2, 0) is 11.3 Å². The number of amides is 3. The van der Waals surface area contributed by atoms with Crippen LogP contribution in [0.15, 0.2) is 41.8 Å². The zero-order valence-corrected chi connectivity index (χ0v) is 13.7. The van der Waals surface area contributed by atoms with E-state index in [1.54, 1.807) is 18.3 Å². The van der Waals surface area contributed by atoms with Crippen molar-refractivity contribution in [3.05, 3.63) is 47.3 Å². The van der Waals surface area contributed by atoms with Crippen molar-refractivity contribution in [3.63, 3.8) is 0 Å². The minimum absolute atomic E-state index is 0.367. The van der Waals surface area contributed by atoms with Gasteiger partial charge < -0.3 is 11.1 Å². The molecule has 0 unspecified atom stereocenters. The van der Waals surface area contributed by atoms with Crippen molar-refractivity contribution < 1.29 is 9.59 Å². The Balaban J connectivity index is 1.77. The molecule has 0 spiro atoms. The number of rotatable bonds is 5. The number of nitrogens with two attached hydrogens (primary N) is 1. The van der Waals surface area contributed by atoms with E-state index in [4.69, 9.17) is 5.73 Å². The summed E-state index contributed by atoms with van der Waals surface area (Å²) in [6.07, 6.45) is 0.506. The fourth-order valence-electron chi connectivity index (χ4n) is 1.85. The van der Waals surface area contributed by atoms with E-state index in [9.17, 15) is 9.59 Å². The molecule has 6 nitrogen and oxygen atoms in total. The zero-order valence-electron chi connectivity index (χ0n) is 12.8. The van der Waals surface area contributed by atoms with Crippen LogP contribution in [0.3, 0.4) is 0 Å². The predicted octanol–water partition coefficient (Wildman–Crippen LogP) is 1.98. The molecule has 0 aliphatic carbocycles.